The number of fused-ring (bicyclic) bond motifs is 1. The molecule has 0 bridgehead atoms. The van der Waals surface area contributed by atoms with Crippen LogP contribution in [-0.2, 0) is 30.7 Å². The maximum Gasteiger partial charge on any atom is 0.270 e. The molecule has 2 aromatic carbocycles. The number of sulfone groups is 1. The highest BCUT2D eigenvalue weighted by Crippen LogP contribution is 2.23. The number of amides is 2. The van der Waals surface area contributed by atoms with Crippen LogP contribution in [0.2, 0.25) is 0 Å². The van der Waals surface area contributed by atoms with Crippen molar-refractivity contribution in [3.05, 3.63) is 63.4 Å². The third-order valence-electron chi connectivity index (χ3n) is 6.06. The van der Waals surface area contributed by atoms with Crippen molar-refractivity contribution in [3.63, 3.8) is 0 Å². The molecule has 2 amide bonds. The normalized spacial score (nSPS) is 14.7. The number of para-hydroxylation sites is 1. The van der Waals surface area contributed by atoms with E-state index in [1.165, 1.54) is 24.1 Å². The molecule has 1 fully saturated rings. The minimum absolute atomic E-state index is 0.110. The molecule has 14 heteroatoms. The van der Waals surface area contributed by atoms with Gasteiger partial charge in [-0.1, -0.05) is 29.5 Å². The lowest BCUT2D eigenvalue weighted by Gasteiger charge is -2.36. The quantitative estimate of drug-likeness (QED) is 0.282. The lowest BCUT2D eigenvalue weighted by molar-refractivity contribution is -0.384. The number of carbonyl (C=O) groups is 2. The van der Waals surface area contributed by atoms with E-state index in [1.54, 1.807) is 10.6 Å². The van der Waals surface area contributed by atoms with Gasteiger partial charge in [-0.05, 0) is 18.2 Å². The van der Waals surface area contributed by atoms with Gasteiger partial charge in [0.05, 0.1) is 21.7 Å². The summed E-state index contributed by atoms with van der Waals surface area (Å²) in [6, 6.07) is 14.0. The van der Waals surface area contributed by atoms with Crippen LogP contribution in [0.1, 0.15) is 0 Å². The lowest BCUT2D eigenvalue weighted by atomic mass is 10.2. The lowest BCUT2D eigenvalue weighted by Crippen LogP contribution is -2.50. The zero-order valence-electron chi connectivity index (χ0n) is 20.7. The van der Waals surface area contributed by atoms with Crippen LogP contribution in [0.15, 0.2) is 53.5 Å². The largest absolute Gasteiger partial charge is 0.383 e. The summed E-state index contributed by atoms with van der Waals surface area (Å²) in [5.41, 5.74) is 1.54. The molecule has 0 unspecified atom stereocenters. The Morgan fingerprint density at radius 2 is 1.79 bits per heavy atom. The van der Waals surface area contributed by atoms with Crippen LogP contribution in [0.5, 0.6) is 0 Å². The molecule has 12 nitrogen and oxygen atoms in total. The van der Waals surface area contributed by atoms with Crippen LogP contribution >= 0.6 is 11.3 Å². The molecule has 2 heterocycles. The zero-order valence-corrected chi connectivity index (χ0v) is 22.3. The molecule has 1 saturated heterocycles. The molecule has 0 radical (unpaired) electrons. The van der Waals surface area contributed by atoms with Gasteiger partial charge in [0.2, 0.25) is 5.91 Å². The fraction of sp³-hybridized carbons (Fsp3) is 0.375. The van der Waals surface area contributed by atoms with Gasteiger partial charge in [0.1, 0.15) is 11.5 Å². The molecule has 0 aliphatic carbocycles. The molecule has 0 saturated carbocycles. The first kappa shape index (κ1) is 27.4. The van der Waals surface area contributed by atoms with Gasteiger partial charge >= 0.3 is 0 Å². The maximum absolute atomic E-state index is 12.7. The molecule has 4 rings (SSSR count). The van der Waals surface area contributed by atoms with Crippen LogP contribution < -0.4 is 9.70 Å². The third-order valence-corrected chi connectivity index (χ3v) is 8.47. The molecule has 0 spiro atoms. The number of ether oxygens (including phenoxy) is 1. The molecule has 3 aromatic rings. The van der Waals surface area contributed by atoms with E-state index >= 15 is 0 Å². The molecule has 1 aromatic heterocycles. The Morgan fingerprint density at radius 1 is 1.08 bits per heavy atom. The van der Waals surface area contributed by atoms with Gasteiger partial charge in [0.25, 0.3) is 11.6 Å². The Balaban J connectivity index is 1.44. The topological polar surface area (TPSA) is 144 Å². The van der Waals surface area contributed by atoms with E-state index in [2.05, 4.69) is 9.89 Å². The Kier molecular flexibility index (Phi) is 8.54. The molecule has 1 aliphatic heterocycles. The molecular weight excluding hydrogens is 534 g/mol. The van der Waals surface area contributed by atoms with Crippen molar-refractivity contribution in [2.75, 3.05) is 56.3 Å². The molecule has 1 aliphatic rings. The van der Waals surface area contributed by atoms with Crippen LogP contribution in [0.3, 0.4) is 0 Å². The fourth-order valence-electron chi connectivity index (χ4n) is 4.17. The minimum atomic E-state index is -4.06. The minimum Gasteiger partial charge on any atom is -0.383 e. The van der Waals surface area contributed by atoms with Gasteiger partial charge in [0, 0.05) is 57.7 Å². The number of hydrogen-bond acceptors (Lipinski definition) is 9. The van der Waals surface area contributed by atoms with Crippen molar-refractivity contribution >= 4 is 54.6 Å². The summed E-state index contributed by atoms with van der Waals surface area (Å²) in [5, 5.41) is 11.1. The number of carbonyl (C=O) groups excluding carboxylic acids is 2. The van der Waals surface area contributed by atoms with E-state index in [0.717, 1.165) is 17.0 Å². The number of rotatable bonds is 9. The summed E-state index contributed by atoms with van der Waals surface area (Å²) in [7, 11) is -2.55. The highest BCUT2D eigenvalue weighted by atomic mass is 32.2. The number of benzene rings is 2. The van der Waals surface area contributed by atoms with Crippen molar-refractivity contribution < 1.29 is 27.7 Å². The van der Waals surface area contributed by atoms with Crippen LogP contribution in [-0.4, -0.2) is 86.0 Å². The van der Waals surface area contributed by atoms with Crippen molar-refractivity contribution in [3.8, 4) is 0 Å². The van der Waals surface area contributed by atoms with Crippen molar-refractivity contribution in [2.24, 2.45) is 4.99 Å². The maximum atomic E-state index is 12.7. The number of anilines is 1. The van der Waals surface area contributed by atoms with Gasteiger partial charge < -0.3 is 19.1 Å². The summed E-state index contributed by atoms with van der Waals surface area (Å²) < 4.78 is 32.6. The number of nitrogens with zero attached hydrogens (tertiary/aromatic N) is 5. The number of nitro groups is 1. The number of methoxy groups -OCH3 is 1. The van der Waals surface area contributed by atoms with Gasteiger partial charge in [-0.25, -0.2) is 8.42 Å². The Hall–Kier alpha value is -3.62. The number of aromatic nitrogens is 1. The Morgan fingerprint density at radius 3 is 2.45 bits per heavy atom. The number of thiazole rings is 1. The first-order chi connectivity index (χ1) is 18.2. The Bertz CT molecular complexity index is 1510. The van der Waals surface area contributed by atoms with Gasteiger partial charge in [-0.15, -0.1) is 0 Å². The number of hydrogen-bond donors (Lipinski definition) is 0. The van der Waals surface area contributed by atoms with E-state index in [0.29, 0.717) is 42.9 Å². The van der Waals surface area contributed by atoms with E-state index in [1.807, 2.05) is 30.3 Å². The summed E-state index contributed by atoms with van der Waals surface area (Å²) >= 11 is 1.04. The predicted octanol–water partition coefficient (Wildman–Crippen LogP) is 1.45. The average molecular weight is 562 g/mol. The summed E-state index contributed by atoms with van der Waals surface area (Å²) in [5.74, 6) is -3.16. The second kappa shape index (κ2) is 11.8. The highest BCUT2D eigenvalue weighted by molar-refractivity contribution is 7.92. The third kappa shape index (κ3) is 6.62. The van der Waals surface area contributed by atoms with Crippen molar-refractivity contribution in [2.45, 2.75) is 6.54 Å². The van der Waals surface area contributed by atoms with Crippen LogP contribution in [0.25, 0.3) is 10.2 Å². The second-order valence-electron chi connectivity index (χ2n) is 8.68. The van der Waals surface area contributed by atoms with E-state index in [4.69, 9.17) is 4.74 Å². The molecule has 38 heavy (non-hydrogen) atoms. The monoisotopic (exact) mass is 561 g/mol. The predicted molar refractivity (Wildman–Crippen MR) is 143 cm³/mol. The molecule has 0 atom stereocenters. The SMILES string of the molecule is COCCn1c(=NC(=O)CS(=O)(=O)CC(=O)N2CCN(c3ccccc3)CC2)sc2cc([N+](=O)[O-])ccc21. The second-order valence-corrected chi connectivity index (χ2v) is 11.8. The Labute approximate surface area is 222 Å². The number of nitro benzene ring substituents is 1. The van der Waals surface area contributed by atoms with Crippen molar-refractivity contribution in [1.82, 2.24) is 9.47 Å². The van der Waals surface area contributed by atoms with E-state index in [-0.39, 0.29) is 17.1 Å². The summed E-state index contributed by atoms with van der Waals surface area (Å²) in [4.78, 5) is 43.7. The van der Waals surface area contributed by atoms with Gasteiger partial charge in [0.15, 0.2) is 14.6 Å². The van der Waals surface area contributed by atoms with E-state index in [9.17, 15) is 28.1 Å². The summed E-state index contributed by atoms with van der Waals surface area (Å²) in [6.07, 6.45) is 0. The first-order valence-corrected chi connectivity index (χ1v) is 14.4. The van der Waals surface area contributed by atoms with Crippen LogP contribution in [0.4, 0.5) is 11.4 Å². The molecule has 0 N–H and O–H groups in total. The standard InChI is InChI=1S/C24H27N5O7S2/c1-36-14-13-28-20-8-7-19(29(32)33)15-21(20)37-24(28)25-22(30)16-38(34,35)17-23(31)27-11-9-26(10-12-27)18-5-3-2-4-6-18/h2-8,15H,9-14,16-17H2,1H3. The van der Waals surface area contributed by atoms with Gasteiger partial charge in [-0.3, -0.25) is 19.7 Å². The fourth-order valence-corrected chi connectivity index (χ4v) is 6.38. The van der Waals surface area contributed by atoms with E-state index < -0.39 is 38.1 Å². The molecular formula is C24H27N5O7S2. The molecule has 202 valence electrons. The number of non-ortho nitro benzene ring substituents is 1. The van der Waals surface area contributed by atoms with Crippen molar-refractivity contribution in [1.29, 1.82) is 0 Å². The average Bonchev–Trinajstić information content (AvgIpc) is 3.23. The van der Waals surface area contributed by atoms with Gasteiger partial charge in [-0.2, -0.15) is 4.99 Å². The summed E-state index contributed by atoms with van der Waals surface area (Å²) in [6.45, 7) is 2.52. The smallest absolute Gasteiger partial charge is 0.270 e. The number of piperazine rings is 1. The first-order valence-electron chi connectivity index (χ1n) is 11.8. The van der Waals surface area contributed by atoms with Crippen LogP contribution in [0, 0.1) is 10.1 Å². The highest BCUT2D eigenvalue weighted by Gasteiger charge is 2.27. The zero-order chi connectivity index (χ0) is 27.3.